The first kappa shape index (κ1) is 9.79. The average Bonchev–Trinajstić information content (AvgIpc) is 2.46. The van der Waals surface area contributed by atoms with Gasteiger partial charge >= 0.3 is 5.97 Å². The summed E-state index contributed by atoms with van der Waals surface area (Å²) in [6, 6.07) is -0.830. The first-order valence-electron chi connectivity index (χ1n) is 3.52. The standard InChI is InChI=1S/C7H9NO4S/c1-8-4-3-5(13(10)11)6(8)7(9)12-2/h3-4,6H,1-2H3. The van der Waals surface area contributed by atoms with Gasteiger partial charge in [-0.15, -0.1) is 0 Å². The van der Waals surface area contributed by atoms with Crippen LogP contribution in [-0.4, -0.2) is 44.4 Å². The molecule has 13 heavy (non-hydrogen) atoms. The second kappa shape index (κ2) is 3.61. The highest BCUT2D eigenvalue weighted by Gasteiger charge is 2.31. The van der Waals surface area contributed by atoms with E-state index >= 15 is 0 Å². The van der Waals surface area contributed by atoms with Crippen LogP contribution in [0.5, 0.6) is 0 Å². The summed E-state index contributed by atoms with van der Waals surface area (Å²) in [6.07, 6.45) is 2.90. The van der Waals surface area contributed by atoms with Crippen molar-refractivity contribution in [1.29, 1.82) is 0 Å². The molecule has 1 aliphatic heterocycles. The highest BCUT2D eigenvalue weighted by atomic mass is 32.2. The zero-order valence-corrected chi connectivity index (χ0v) is 8.04. The lowest BCUT2D eigenvalue weighted by atomic mass is 10.2. The van der Waals surface area contributed by atoms with E-state index in [0.29, 0.717) is 0 Å². The Morgan fingerprint density at radius 2 is 2.23 bits per heavy atom. The maximum atomic E-state index is 11.1. The third-order valence-corrected chi connectivity index (χ3v) is 2.51. The Morgan fingerprint density at radius 1 is 1.62 bits per heavy atom. The van der Waals surface area contributed by atoms with Crippen LogP contribution < -0.4 is 0 Å². The molecule has 0 bridgehead atoms. The number of esters is 1. The predicted octanol–water partition coefficient (Wildman–Crippen LogP) is -0.961. The minimum Gasteiger partial charge on any atom is -0.467 e. The largest absolute Gasteiger partial charge is 0.467 e. The number of methoxy groups -OCH3 is 1. The summed E-state index contributed by atoms with van der Waals surface area (Å²) in [5.41, 5.74) is 0. The fraction of sp³-hybridized carbons (Fsp3) is 0.429. The van der Waals surface area contributed by atoms with Gasteiger partial charge in [-0.2, -0.15) is 8.42 Å². The van der Waals surface area contributed by atoms with E-state index in [4.69, 9.17) is 0 Å². The van der Waals surface area contributed by atoms with Crippen molar-refractivity contribution in [2.24, 2.45) is 0 Å². The molecule has 0 saturated heterocycles. The molecule has 0 aliphatic carbocycles. The molecule has 0 amide bonds. The molecule has 6 heteroatoms. The average molecular weight is 203 g/mol. The van der Waals surface area contributed by atoms with Crippen molar-refractivity contribution in [2.45, 2.75) is 6.04 Å². The molecule has 1 heterocycles. The summed E-state index contributed by atoms with van der Waals surface area (Å²) < 4.78 is 25.8. The summed E-state index contributed by atoms with van der Waals surface area (Å²) in [7, 11) is 0.455. The molecule has 1 unspecified atom stereocenters. The van der Waals surface area contributed by atoms with E-state index in [1.54, 1.807) is 7.05 Å². The van der Waals surface area contributed by atoms with Crippen molar-refractivity contribution in [3.63, 3.8) is 0 Å². The Balaban J connectivity index is 3.10. The van der Waals surface area contributed by atoms with Gasteiger partial charge in [0.2, 0.25) is 10.3 Å². The lowest BCUT2D eigenvalue weighted by molar-refractivity contribution is -0.142. The van der Waals surface area contributed by atoms with Crippen LogP contribution in [0.2, 0.25) is 0 Å². The number of hydrogen-bond donors (Lipinski definition) is 0. The molecule has 5 nitrogen and oxygen atoms in total. The molecular weight excluding hydrogens is 194 g/mol. The second-order valence-electron chi connectivity index (χ2n) is 2.54. The molecule has 1 rings (SSSR count). The molecule has 1 atom stereocenters. The second-order valence-corrected chi connectivity index (χ2v) is 3.48. The normalized spacial score (nSPS) is 20.6. The van der Waals surface area contributed by atoms with Crippen molar-refractivity contribution in [2.75, 3.05) is 14.2 Å². The molecule has 0 spiro atoms. The van der Waals surface area contributed by atoms with Gasteiger partial charge in [0.05, 0.1) is 7.11 Å². The van der Waals surface area contributed by atoms with E-state index in [0.717, 1.165) is 0 Å². The maximum Gasteiger partial charge on any atom is 0.334 e. The van der Waals surface area contributed by atoms with Gasteiger partial charge in [-0.1, -0.05) is 0 Å². The Labute approximate surface area is 77.1 Å². The van der Waals surface area contributed by atoms with E-state index in [1.165, 1.54) is 24.3 Å². The van der Waals surface area contributed by atoms with Crippen LogP contribution in [0.15, 0.2) is 12.3 Å². The lowest BCUT2D eigenvalue weighted by Crippen LogP contribution is -2.38. The number of carbonyl (C=O) groups is 1. The van der Waals surface area contributed by atoms with Crippen LogP contribution in [0.4, 0.5) is 0 Å². The summed E-state index contributed by atoms with van der Waals surface area (Å²) in [5, 5.41) is 0. The Kier molecular flexibility index (Phi) is 2.72. The minimum atomic E-state index is -2.38. The van der Waals surface area contributed by atoms with Crippen LogP contribution in [0.3, 0.4) is 0 Å². The van der Waals surface area contributed by atoms with Crippen molar-refractivity contribution in [3.8, 4) is 0 Å². The predicted molar refractivity (Wildman–Crippen MR) is 46.6 cm³/mol. The summed E-state index contributed by atoms with van der Waals surface area (Å²) in [4.78, 5) is 12.7. The summed E-state index contributed by atoms with van der Waals surface area (Å²) in [5.74, 6) is -0.577. The van der Waals surface area contributed by atoms with E-state index < -0.39 is 22.3 Å². The van der Waals surface area contributed by atoms with E-state index in [-0.39, 0.29) is 4.86 Å². The first-order valence-corrected chi connectivity index (χ1v) is 4.59. The van der Waals surface area contributed by atoms with Crippen LogP contribution in [0, 0.1) is 0 Å². The van der Waals surface area contributed by atoms with Crippen LogP contribution in [0.1, 0.15) is 0 Å². The van der Waals surface area contributed by atoms with Gasteiger partial charge in [0.25, 0.3) is 0 Å². The molecular formula is C7H9NO4S. The topological polar surface area (TPSA) is 63.7 Å². The SMILES string of the molecule is COC(=O)C1C(=S(=O)=O)C=CN1C. The smallest absolute Gasteiger partial charge is 0.334 e. The van der Waals surface area contributed by atoms with Crippen LogP contribution in [0.25, 0.3) is 0 Å². The molecule has 1 aliphatic rings. The quantitative estimate of drug-likeness (QED) is 0.405. The number of ether oxygens (including phenoxy) is 1. The number of hydrogen-bond acceptors (Lipinski definition) is 5. The third kappa shape index (κ3) is 1.72. The highest BCUT2D eigenvalue weighted by Crippen LogP contribution is 2.10. The number of carbonyl (C=O) groups excluding carboxylic acids is 1. The van der Waals surface area contributed by atoms with E-state index in [9.17, 15) is 13.2 Å². The Bertz CT molecular complexity index is 373. The number of nitrogens with zero attached hydrogens (tertiary/aromatic N) is 1. The fourth-order valence-corrected chi connectivity index (χ4v) is 1.73. The van der Waals surface area contributed by atoms with Crippen molar-refractivity contribution in [1.82, 2.24) is 4.90 Å². The molecule has 0 fully saturated rings. The van der Waals surface area contributed by atoms with Crippen molar-refractivity contribution in [3.05, 3.63) is 12.3 Å². The molecule has 0 saturated carbocycles. The molecule has 0 aromatic carbocycles. The van der Waals surface area contributed by atoms with Gasteiger partial charge < -0.3 is 9.64 Å². The monoisotopic (exact) mass is 203 g/mol. The summed E-state index contributed by atoms with van der Waals surface area (Å²) >= 11 is 0. The minimum absolute atomic E-state index is 0.0364. The molecule has 0 radical (unpaired) electrons. The lowest BCUT2D eigenvalue weighted by Gasteiger charge is -2.17. The molecule has 0 aromatic heterocycles. The van der Waals surface area contributed by atoms with Crippen LogP contribution >= 0.6 is 0 Å². The zero-order valence-electron chi connectivity index (χ0n) is 7.22. The molecule has 72 valence electrons. The zero-order chi connectivity index (χ0) is 10.0. The van der Waals surface area contributed by atoms with Gasteiger partial charge in [-0.3, -0.25) is 0 Å². The third-order valence-electron chi connectivity index (χ3n) is 1.77. The van der Waals surface area contributed by atoms with Gasteiger partial charge in [-0.25, -0.2) is 4.79 Å². The highest BCUT2D eigenvalue weighted by molar-refractivity contribution is 7.73. The Hall–Kier alpha value is -1.30. The van der Waals surface area contributed by atoms with Crippen molar-refractivity contribution >= 4 is 21.1 Å². The van der Waals surface area contributed by atoms with Crippen molar-refractivity contribution < 1.29 is 17.9 Å². The Morgan fingerprint density at radius 3 is 2.69 bits per heavy atom. The van der Waals surface area contributed by atoms with Gasteiger partial charge in [-0.05, 0) is 6.08 Å². The fourth-order valence-electron chi connectivity index (χ4n) is 1.11. The number of rotatable bonds is 1. The maximum absolute atomic E-state index is 11.1. The van der Waals surface area contributed by atoms with Gasteiger partial charge in [0, 0.05) is 13.2 Å². The number of likely N-dealkylation sites (N-methyl/N-ethyl adjacent to an activating group) is 1. The summed E-state index contributed by atoms with van der Waals surface area (Å²) in [6.45, 7) is 0. The molecule has 0 N–H and O–H groups in total. The van der Waals surface area contributed by atoms with E-state index in [1.807, 2.05) is 0 Å². The van der Waals surface area contributed by atoms with Gasteiger partial charge in [0.15, 0.2) is 6.04 Å². The van der Waals surface area contributed by atoms with Crippen LogP contribution in [-0.2, 0) is 19.8 Å². The van der Waals surface area contributed by atoms with E-state index in [2.05, 4.69) is 4.74 Å². The van der Waals surface area contributed by atoms with Gasteiger partial charge in [0.1, 0.15) is 4.86 Å². The molecule has 0 aromatic rings. The first-order chi connectivity index (χ1) is 6.07.